The Kier molecular flexibility index (Phi) is 4.06. The van der Waals surface area contributed by atoms with E-state index in [0.717, 1.165) is 0 Å². The van der Waals surface area contributed by atoms with Crippen LogP contribution in [0.4, 0.5) is 0 Å². The molecule has 134 valence electrons. The van der Waals surface area contributed by atoms with Crippen molar-refractivity contribution in [3.63, 3.8) is 0 Å². The molecule has 1 nitrogen and oxygen atoms in total. The van der Waals surface area contributed by atoms with E-state index in [4.69, 9.17) is 0 Å². The molecule has 0 radical (unpaired) electrons. The molecule has 5 aromatic rings. The van der Waals surface area contributed by atoms with E-state index in [1.165, 1.54) is 49.6 Å². The van der Waals surface area contributed by atoms with E-state index < -0.39 is 0 Å². The van der Waals surface area contributed by atoms with Gasteiger partial charge in [0, 0.05) is 21.8 Å². The molecule has 0 unspecified atom stereocenters. The van der Waals surface area contributed by atoms with Crippen molar-refractivity contribution in [2.45, 2.75) is 6.92 Å². The standard InChI is InChI=1S/C27H21N/c1-19-15-16-25-24(17-19)27-22(13-8-14-26(27)28-25)23(21-11-6-3-7-12-21)18-20-9-4-2-5-10-20/h2-18,28H,1H3/b23-18+. The lowest BCUT2D eigenvalue weighted by Gasteiger charge is -2.11. The van der Waals surface area contributed by atoms with Gasteiger partial charge in [0.05, 0.1) is 0 Å². The van der Waals surface area contributed by atoms with Gasteiger partial charge in [0.15, 0.2) is 0 Å². The van der Waals surface area contributed by atoms with Crippen LogP contribution in [0, 0.1) is 6.92 Å². The smallest absolute Gasteiger partial charge is 0.0471 e. The van der Waals surface area contributed by atoms with Crippen LogP contribution in [0.2, 0.25) is 0 Å². The SMILES string of the molecule is Cc1ccc2[nH]c3cccc(/C(=C/c4ccccc4)c4ccccc4)c3c2c1. The maximum absolute atomic E-state index is 3.59. The molecule has 0 fully saturated rings. The van der Waals surface area contributed by atoms with Crippen LogP contribution in [0.25, 0.3) is 33.5 Å². The van der Waals surface area contributed by atoms with Crippen LogP contribution in [-0.4, -0.2) is 4.98 Å². The Morgan fingerprint density at radius 2 is 1.46 bits per heavy atom. The predicted molar refractivity (Wildman–Crippen MR) is 120 cm³/mol. The first kappa shape index (κ1) is 16.6. The van der Waals surface area contributed by atoms with Gasteiger partial charge in [-0.05, 0) is 53.5 Å². The highest BCUT2D eigenvalue weighted by atomic mass is 14.7. The Bertz CT molecular complexity index is 1290. The fraction of sp³-hybridized carbons (Fsp3) is 0.0370. The highest BCUT2D eigenvalue weighted by Crippen LogP contribution is 2.36. The molecule has 0 bridgehead atoms. The summed E-state index contributed by atoms with van der Waals surface area (Å²) in [5.41, 5.74) is 8.55. The van der Waals surface area contributed by atoms with Gasteiger partial charge in [-0.2, -0.15) is 0 Å². The Balaban J connectivity index is 1.85. The van der Waals surface area contributed by atoms with Crippen LogP contribution in [-0.2, 0) is 0 Å². The lowest BCUT2D eigenvalue weighted by atomic mass is 9.92. The van der Waals surface area contributed by atoms with E-state index in [1.807, 2.05) is 0 Å². The first-order valence-electron chi connectivity index (χ1n) is 9.63. The number of aromatic nitrogens is 1. The average Bonchev–Trinajstić information content (AvgIpc) is 3.11. The molecule has 1 heteroatoms. The second-order valence-electron chi connectivity index (χ2n) is 7.24. The third-order valence-electron chi connectivity index (χ3n) is 5.26. The topological polar surface area (TPSA) is 15.8 Å². The fourth-order valence-corrected chi connectivity index (χ4v) is 3.94. The van der Waals surface area contributed by atoms with Gasteiger partial charge in [0.25, 0.3) is 0 Å². The summed E-state index contributed by atoms with van der Waals surface area (Å²) in [7, 11) is 0. The quantitative estimate of drug-likeness (QED) is 0.327. The molecule has 1 N–H and O–H groups in total. The maximum atomic E-state index is 3.59. The first-order valence-corrected chi connectivity index (χ1v) is 9.63. The number of nitrogens with one attached hydrogen (secondary N) is 1. The molecular formula is C27H21N. The van der Waals surface area contributed by atoms with Gasteiger partial charge in [0.1, 0.15) is 0 Å². The van der Waals surface area contributed by atoms with E-state index in [9.17, 15) is 0 Å². The Hall–Kier alpha value is -3.58. The molecule has 1 heterocycles. The van der Waals surface area contributed by atoms with Crippen molar-refractivity contribution in [2.24, 2.45) is 0 Å². The molecule has 0 aliphatic heterocycles. The van der Waals surface area contributed by atoms with Crippen LogP contribution in [0.15, 0.2) is 97.1 Å². The van der Waals surface area contributed by atoms with Crippen molar-refractivity contribution in [3.05, 3.63) is 119 Å². The third kappa shape index (κ3) is 2.91. The number of aryl methyl sites for hydroxylation is 1. The second kappa shape index (κ2) is 6.86. The van der Waals surface area contributed by atoms with E-state index in [1.54, 1.807) is 0 Å². The minimum absolute atomic E-state index is 1.17. The first-order chi connectivity index (χ1) is 13.8. The zero-order chi connectivity index (χ0) is 18.9. The third-order valence-corrected chi connectivity index (χ3v) is 5.26. The molecule has 5 rings (SSSR count). The van der Waals surface area contributed by atoms with Gasteiger partial charge >= 0.3 is 0 Å². The van der Waals surface area contributed by atoms with Crippen molar-refractivity contribution in [3.8, 4) is 0 Å². The molecule has 0 amide bonds. The van der Waals surface area contributed by atoms with E-state index in [2.05, 4.69) is 115 Å². The van der Waals surface area contributed by atoms with E-state index >= 15 is 0 Å². The number of hydrogen-bond acceptors (Lipinski definition) is 0. The molecule has 1 aromatic heterocycles. The van der Waals surface area contributed by atoms with Gasteiger partial charge in [0.2, 0.25) is 0 Å². The number of rotatable bonds is 3. The molecule has 0 atom stereocenters. The average molecular weight is 359 g/mol. The number of H-pyrrole nitrogens is 1. The molecule has 0 aliphatic carbocycles. The van der Waals surface area contributed by atoms with Crippen LogP contribution < -0.4 is 0 Å². The number of aromatic amines is 1. The van der Waals surface area contributed by atoms with Crippen molar-refractivity contribution < 1.29 is 0 Å². The summed E-state index contributed by atoms with van der Waals surface area (Å²) in [5.74, 6) is 0. The molecule has 0 saturated carbocycles. The summed E-state index contributed by atoms with van der Waals surface area (Å²) in [5, 5.41) is 2.56. The van der Waals surface area contributed by atoms with Gasteiger partial charge in [-0.15, -0.1) is 0 Å². The lowest BCUT2D eigenvalue weighted by molar-refractivity contribution is 1.49. The zero-order valence-electron chi connectivity index (χ0n) is 15.8. The van der Waals surface area contributed by atoms with Gasteiger partial charge in [-0.25, -0.2) is 0 Å². The number of benzene rings is 4. The van der Waals surface area contributed by atoms with Gasteiger partial charge < -0.3 is 4.98 Å². The van der Waals surface area contributed by atoms with Crippen molar-refractivity contribution in [1.29, 1.82) is 0 Å². The van der Waals surface area contributed by atoms with E-state index in [-0.39, 0.29) is 0 Å². The molecule has 28 heavy (non-hydrogen) atoms. The van der Waals surface area contributed by atoms with E-state index in [0.29, 0.717) is 0 Å². The summed E-state index contributed by atoms with van der Waals surface area (Å²) in [6.07, 6.45) is 2.29. The van der Waals surface area contributed by atoms with Gasteiger partial charge in [-0.1, -0.05) is 84.4 Å². The highest BCUT2D eigenvalue weighted by molar-refractivity contribution is 6.14. The molecule has 0 aliphatic rings. The summed E-state index contributed by atoms with van der Waals surface area (Å²) in [4.78, 5) is 3.59. The van der Waals surface area contributed by atoms with Crippen molar-refractivity contribution in [2.75, 3.05) is 0 Å². The normalized spacial score (nSPS) is 12.0. The summed E-state index contributed by atoms with van der Waals surface area (Å²) < 4.78 is 0. The van der Waals surface area contributed by atoms with Crippen LogP contribution in [0.3, 0.4) is 0 Å². The molecule has 0 saturated heterocycles. The Morgan fingerprint density at radius 1 is 0.714 bits per heavy atom. The summed E-state index contributed by atoms with van der Waals surface area (Å²) in [6.45, 7) is 2.15. The summed E-state index contributed by atoms with van der Waals surface area (Å²) >= 11 is 0. The largest absolute Gasteiger partial charge is 0.354 e. The maximum Gasteiger partial charge on any atom is 0.0471 e. The van der Waals surface area contributed by atoms with Gasteiger partial charge in [-0.3, -0.25) is 0 Å². The van der Waals surface area contributed by atoms with Crippen LogP contribution >= 0.6 is 0 Å². The number of hydrogen-bond donors (Lipinski definition) is 1. The zero-order valence-corrected chi connectivity index (χ0v) is 15.8. The molecular weight excluding hydrogens is 338 g/mol. The van der Waals surface area contributed by atoms with Crippen LogP contribution in [0.1, 0.15) is 22.3 Å². The van der Waals surface area contributed by atoms with Crippen LogP contribution in [0.5, 0.6) is 0 Å². The minimum Gasteiger partial charge on any atom is -0.354 e. The lowest BCUT2D eigenvalue weighted by Crippen LogP contribution is -1.90. The number of fused-ring (bicyclic) bond motifs is 3. The fourth-order valence-electron chi connectivity index (χ4n) is 3.94. The minimum atomic E-state index is 1.17. The Labute approximate surface area is 165 Å². The monoisotopic (exact) mass is 359 g/mol. The Morgan fingerprint density at radius 3 is 2.25 bits per heavy atom. The van der Waals surface area contributed by atoms with Crippen molar-refractivity contribution >= 4 is 33.5 Å². The molecule has 0 spiro atoms. The highest BCUT2D eigenvalue weighted by Gasteiger charge is 2.13. The molecule has 4 aromatic carbocycles. The predicted octanol–water partition coefficient (Wildman–Crippen LogP) is 7.22. The van der Waals surface area contributed by atoms with Crippen molar-refractivity contribution in [1.82, 2.24) is 4.98 Å². The summed E-state index contributed by atoms with van der Waals surface area (Å²) in [6, 6.07) is 34.4. The second-order valence-corrected chi connectivity index (χ2v) is 7.24.